The molecule has 5 aliphatic rings. The van der Waals surface area contributed by atoms with Crippen LogP contribution in [-0.4, -0.2) is 6.85 Å². The van der Waals surface area contributed by atoms with Gasteiger partial charge < -0.3 is 14.1 Å². The molecule has 0 fully saturated rings. The van der Waals surface area contributed by atoms with Crippen LogP contribution in [0.5, 0.6) is 0 Å². The van der Waals surface area contributed by atoms with Crippen LogP contribution in [0.2, 0.25) is 0 Å². The van der Waals surface area contributed by atoms with Gasteiger partial charge in [0.2, 0.25) is 0 Å². The summed E-state index contributed by atoms with van der Waals surface area (Å²) < 4.78 is 7.36. The topological polar surface area (TPSA) is 19.6 Å². The number of benzene rings is 9. The molecule has 0 amide bonds. The first kappa shape index (κ1) is 46.4. The third-order valence-corrected chi connectivity index (χ3v) is 20.8. The van der Waals surface area contributed by atoms with Gasteiger partial charge in [-0.25, -0.2) is 0 Å². The van der Waals surface area contributed by atoms with E-state index in [4.69, 9.17) is 4.42 Å². The zero-order chi connectivity index (χ0) is 51.9. The molecule has 6 heteroatoms. The summed E-state index contributed by atoms with van der Waals surface area (Å²) in [7, 11) is 0. The first-order valence-electron chi connectivity index (χ1n) is 27.3. The van der Waals surface area contributed by atoms with Crippen LogP contribution < -0.4 is 20.6 Å². The van der Waals surface area contributed by atoms with Gasteiger partial charge in [0.05, 0.1) is 0 Å². The number of para-hydroxylation sites is 1. The molecule has 0 bridgehead atoms. The van der Waals surface area contributed by atoms with E-state index >= 15 is 0 Å². The minimum Gasteiger partial charge on any atom is -0.455 e. The van der Waals surface area contributed by atoms with E-state index in [2.05, 4.69) is 243 Å². The molecule has 0 saturated heterocycles. The Kier molecular flexibility index (Phi) is 9.70. The van der Waals surface area contributed by atoms with Crippen molar-refractivity contribution in [2.75, 3.05) is 9.71 Å². The quantitative estimate of drug-likeness (QED) is 0.164. The first-order valence-corrected chi connectivity index (χ1v) is 28.9. The van der Waals surface area contributed by atoms with E-state index in [1.807, 2.05) is 23.5 Å². The van der Waals surface area contributed by atoms with Gasteiger partial charge in [-0.2, -0.15) is 0 Å². The fourth-order valence-electron chi connectivity index (χ4n) is 14.0. The zero-order valence-electron chi connectivity index (χ0n) is 45.2. The first-order chi connectivity index (χ1) is 36.5. The average Bonchev–Trinajstić information content (AvgIpc) is 4.06. The number of hydrogen-bond acceptors (Lipinski definition) is 5. The Labute approximate surface area is 456 Å². The van der Waals surface area contributed by atoms with Gasteiger partial charge in [0.1, 0.15) is 11.2 Å². The fourth-order valence-corrected chi connectivity index (χ4v) is 16.3. The molecule has 0 atom stereocenters. The highest BCUT2D eigenvalue weighted by Gasteiger charge is 2.51. The standard InChI is InChI=1S/C70H61BN2OS2/c1-40-34-50-51(69(7,8)33-32-68(50,5)6)37-54(40)72-55-39-61-60(75-58-26-18-19-27-59(58)76-61)38-52(55)71-64-56(72)36-47-43-22-15-17-25-57(43)74-66(47)63(64)45-29-30-49-62(44-23-14-16-24-48(44)70(49,9)10)65(45)73(71)53-31-28-42(67(2,3)4)35-46(53)41-20-12-11-13-21-41/h11-31,34-39H,32-33H2,1-10H3. The van der Waals surface area contributed by atoms with Crippen LogP contribution in [0.25, 0.3) is 55.3 Å². The maximum atomic E-state index is 7.36. The van der Waals surface area contributed by atoms with Gasteiger partial charge in [0.15, 0.2) is 0 Å². The average molecular weight is 1020 g/mol. The normalized spacial score (nSPS) is 16.8. The Morgan fingerprint density at radius 3 is 1.93 bits per heavy atom. The summed E-state index contributed by atoms with van der Waals surface area (Å²) in [6.45, 7) is 23.8. The van der Waals surface area contributed by atoms with Crippen LogP contribution in [0.3, 0.4) is 0 Å². The summed E-state index contributed by atoms with van der Waals surface area (Å²) >= 11 is 3.83. The van der Waals surface area contributed by atoms with Crippen LogP contribution >= 0.6 is 23.5 Å². The van der Waals surface area contributed by atoms with Crippen LogP contribution in [0.15, 0.2) is 188 Å². The lowest BCUT2D eigenvalue weighted by Gasteiger charge is -2.48. The molecule has 4 heterocycles. The van der Waals surface area contributed by atoms with Crippen molar-refractivity contribution in [2.45, 2.75) is 123 Å². The maximum absolute atomic E-state index is 7.36. The Balaban J connectivity index is 1.14. The molecule has 10 aromatic rings. The van der Waals surface area contributed by atoms with Gasteiger partial charge in [-0.15, -0.1) is 0 Å². The Morgan fingerprint density at radius 1 is 0.513 bits per heavy atom. The van der Waals surface area contributed by atoms with Crippen molar-refractivity contribution in [3.05, 3.63) is 197 Å². The van der Waals surface area contributed by atoms with E-state index in [0.717, 1.165) is 28.4 Å². The lowest BCUT2D eigenvalue weighted by molar-refractivity contribution is 0.332. The van der Waals surface area contributed by atoms with E-state index in [1.54, 1.807) is 0 Å². The Morgan fingerprint density at radius 2 is 1.18 bits per heavy atom. The van der Waals surface area contributed by atoms with Gasteiger partial charge in [0, 0.05) is 86.5 Å². The van der Waals surface area contributed by atoms with Crippen LogP contribution in [0.1, 0.15) is 109 Å². The zero-order valence-corrected chi connectivity index (χ0v) is 46.8. The van der Waals surface area contributed by atoms with Crippen LogP contribution in [0.4, 0.5) is 28.4 Å². The Hall–Kier alpha value is -6.86. The highest BCUT2D eigenvalue weighted by molar-refractivity contribution is 8.05. The Bertz CT molecular complexity index is 4170. The highest BCUT2D eigenvalue weighted by Crippen LogP contribution is 2.61. The summed E-state index contributed by atoms with van der Waals surface area (Å²) in [5.74, 6) is 0. The van der Waals surface area contributed by atoms with Crippen molar-refractivity contribution in [2.24, 2.45) is 0 Å². The number of hydrogen-bond donors (Lipinski definition) is 0. The summed E-state index contributed by atoms with van der Waals surface area (Å²) in [5, 5.41) is 2.28. The number of fused-ring (bicyclic) bond motifs is 15. The summed E-state index contributed by atoms with van der Waals surface area (Å²) in [4.78, 5) is 10.7. The second-order valence-corrected chi connectivity index (χ2v) is 27.3. The molecule has 0 saturated carbocycles. The lowest BCUT2D eigenvalue weighted by atomic mass is 9.43. The largest absolute Gasteiger partial charge is 0.455 e. The van der Waals surface area contributed by atoms with Crippen molar-refractivity contribution in [3.63, 3.8) is 0 Å². The number of furan rings is 1. The smallest absolute Gasteiger partial charge is 0.333 e. The second-order valence-electron chi connectivity index (χ2n) is 25.1. The molecule has 0 unspecified atom stereocenters. The number of anilines is 5. The predicted molar refractivity (Wildman–Crippen MR) is 324 cm³/mol. The van der Waals surface area contributed by atoms with Crippen molar-refractivity contribution in [3.8, 4) is 33.4 Å². The molecule has 76 heavy (non-hydrogen) atoms. The molecule has 372 valence electrons. The fraction of sp³-hybridized carbons (Fsp3) is 0.229. The highest BCUT2D eigenvalue weighted by atomic mass is 32.2. The molecule has 9 aromatic carbocycles. The van der Waals surface area contributed by atoms with Crippen LogP contribution in [-0.2, 0) is 21.7 Å². The van der Waals surface area contributed by atoms with Gasteiger partial charge in [-0.1, -0.05) is 195 Å². The van der Waals surface area contributed by atoms with Crippen molar-refractivity contribution < 1.29 is 4.42 Å². The van der Waals surface area contributed by atoms with Gasteiger partial charge >= 0.3 is 6.85 Å². The SMILES string of the molecule is Cc1cc2c(cc1N1c3cc4c(cc3B3c5c1cc1c(oc6ccccc61)c5-c1ccc5c(c1N3c1ccc(C(C)(C)C)cc1-c1ccccc1)-c1ccccc1C5(C)C)Sc1ccccc1S4)C(C)(C)CCC2(C)C. The maximum Gasteiger partial charge on any atom is 0.333 e. The molecule has 3 nitrogen and oxygen atoms in total. The molecule has 0 N–H and O–H groups in total. The van der Waals surface area contributed by atoms with Gasteiger partial charge in [-0.05, 0) is 146 Å². The number of nitrogens with zero attached hydrogens (tertiary/aromatic N) is 2. The summed E-state index contributed by atoms with van der Waals surface area (Å²) in [5.41, 5.74) is 26.1. The van der Waals surface area contributed by atoms with E-state index in [1.165, 1.54) is 132 Å². The summed E-state index contributed by atoms with van der Waals surface area (Å²) in [6, 6.07) is 63.1. The number of rotatable bonds is 3. The van der Waals surface area contributed by atoms with E-state index in [0.29, 0.717) is 0 Å². The monoisotopic (exact) mass is 1020 g/mol. The summed E-state index contributed by atoms with van der Waals surface area (Å²) in [6.07, 6.45) is 2.31. The molecule has 2 aliphatic carbocycles. The van der Waals surface area contributed by atoms with Crippen LogP contribution in [0, 0.1) is 6.92 Å². The van der Waals surface area contributed by atoms with Crippen molar-refractivity contribution >= 4 is 91.7 Å². The van der Waals surface area contributed by atoms with Crippen molar-refractivity contribution in [1.82, 2.24) is 0 Å². The van der Waals surface area contributed by atoms with Gasteiger partial charge in [-0.3, -0.25) is 0 Å². The number of aryl methyl sites for hydroxylation is 1. The molecule has 1 aromatic heterocycles. The second kappa shape index (κ2) is 15.9. The molecular formula is C70H61BN2OS2. The molecule has 0 radical (unpaired) electrons. The molecular weight excluding hydrogens is 960 g/mol. The van der Waals surface area contributed by atoms with E-state index < -0.39 is 0 Å². The third kappa shape index (κ3) is 6.47. The molecule has 0 spiro atoms. The molecule has 15 rings (SSSR count). The van der Waals surface area contributed by atoms with Crippen molar-refractivity contribution in [1.29, 1.82) is 0 Å². The minimum absolute atomic E-state index is 0.0118. The minimum atomic E-state index is -0.256. The van der Waals surface area contributed by atoms with E-state index in [9.17, 15) is 0 Å². The van der Waals surface area contributed by atoms with Gasteiger partial charge in [0.25, 0.3) is 0 Å². The lowest BCUT2D eigenvalue weighted by Crippen LogP contribution is -2.62. The van der Waals surface area contributed by atoms with E-state index in [-0.39, 0.29) is 28.5 Å². The molecule has 3 aliphatic heterocycles. The predicted octanol–water partition coefficient (Wildman–Crippen LogP) is 18.8. The third-order valence-electron chi connectivity index (χ3n) is 18.2.